The molecule has 1 rings (SSSR count). The van der Waals surface area contributed by atoms with Gasteiger partial charge in [-0.25, -0.2) is 5.43 Å². The zero-order valence-electron chi connectivity index (χ0n) is 12.4. The maximum absolute atomic E-state index is 11.7. The van der Waals surface area contributed by atoms with Crippen LogP contribution in [0.5, 0.6) is 5.75 Å². The zero-order valence-corrected chi connectivity index (χ0v) is 12.4. The molecule has 0 spiro atoms. The fourth-order valence-electron chi connectivity index (χ4n) is 1.65. The summed E-state index contributed by atoms with van der Waals surface area (Å²) in [5.74, 6) is 0.537. The molecule has 0 unspecified atom stereocenters. The number of anilines is 1. The minimum absolute atomic E-state index is 0.158. The molecule has 2 N–H and O–H groups in total. The van der Waals surface area contributed by atoms with Crippen LogP contribution in [0.15, 0.2) is 29.4 Å². The normalized spacial score (nSPS) is 11.1. The maximum atomic E-state index is 11.7. The van der Waals surface area contributed by atoms with E-state index < -0.39 is 0 Å². The van der Waals surface area contributed by atoms with Crippen LogP contribution < -0.4 is 15.5 Å². The van der Waals surface area contributed by atoms with Crippen LogP contribution in [0, 0.1) is 0 Å². The summed E-state index contributed by atoms with van der Waals surface area (Å²) in [5, 5.41) is 7.09. The van der Waals surface area contributed by atoms with Crippen molar-refractivity contribution >= 4 is 17.3 Å². The minimum Gasteiger partial charge on any atom is -0.495 e. The van der Waals surface area contributed by atoms with Crippen molar-refractivity contribution in [1.29, 1.82) is 0 Å². The average Bonchev–Trinajstić information content (AvgIpc) is 2.48. The topological polar surface area (TPSA) is 62.7 Å². The van der Waals surface area contributed by atoms with Crippen LogP contribution in [0.3, 0.4) is 0 Å². The highest BCUT2D eigenvalue weighted by molar-refractivity contribution is 5.85. The number of nitrogens with one attached hydrogen (secondary N) is 2. The number of para-hydroxylation sites is 2. The molecule has 1 aromatic rings. The highest BCUT2D eigenvalue weighted by Gasteiger charge is 2.04. The Morgan fingerprint density at radius 2 is 2.10 bits per heavy atom. The van der Waals surface area contributed by atoms with Crippen molar-refractivity contribution in [3.8, 4) is 5.75 Å². The number of hydrogen-bond acceptors (Lipinski definition) is 4. The number of methoxy groups -OCH3 is 1. The molecule has 0 radical (unpaired) electrons. The summed E-state index contributed by atoms with van der Waals surface area (Å²) < 4.78 is 5.20. The summed E-state index contributed by atoms with van der Waals surface area (Å²) in [6.45, 7) is 4.21. The van der Waals surface area contributed by atoms with Gasteiger partial charge < -0.3 is 10.1 Å². The van der Waals surface area contributed by atoms with E-state index in [0.717, 1.165) is 30.7 Å². The van der Waals surface area contributed by atoms with Gasteiger partial charge in [0.25, 0.3) is 5.91 Å². The van der Waals surface area contributed by atoms with Gasteiger partial charge in [-0.3, -0.25) is 4.79 Å². The van der Waals surface area contributed by atoms with Crippen LogP contribution >= 0.6 is 0 Å². The van der Waals surface area contributed by atoms with Crippen molar-refractivity contribution in [2.75, 3.05) is 19.0 Å². The van der Waals surface area contributed by atoms with Gasteiger partial charge in [0.15, 0.2) is 0 Å². The van der Waals surface area contributed by atoms with E-state index in [4.69, 9.17) is 4.74 Å². The lowest BCUT2D eigenvalue weighted by Gasteiger charge is -2.10. The van der Waals surface area contributed by atoms with Gasteiger partial charge in [-0.15, -0.1) is 0 Å². The molecule has 1 amide bonds. The van der Waals surface area contributed by atoms with E-state index in [1.807, 2.05) is 31.2 Å². The first-order chi connectivity index (χ1) is 9.67. The third-order valence-electron chi connectivity index (χ3n) is 2.81. The fraction of sp³-hybridized carbons (Fsp3) is 0.467. The van der Waals surface area contributed by atoms with Crippen LogP contribution in [-0.2, 0) is 4.79 Å². The fourth-order valence-corrected chi connectivity index (χ4v) is 1.65. The standard InChI is InChI=1S/C15H23N3O2/c1-4-5-8-12(2)17-18-15(19)11-16-13-9-6-7-10-14(13)20-3/h6-7,9-10,16H,4-5,8,11H2,1-3H3,(H,18,19)/b17-12-. The lowest BCUT2D eigenvalue weighted by Crippen LogP contribution is -2.26. The Bertz CT molecular complexity index is 458. The molecular weight excluding hydrogens is 254 g/mol. The second-order valence-corrected chi connectivity index (χ2v) is 4.54. The number of ether oxygens (including phenoxy) is 1. The molecule has 0 saturated carbocycles. The summed E-state index contributed by atoms with van der Waals surface area (Å²) in [6, 6.07) is 7.47. The number of nitrogens with zero attached hydrogens (tertiary/aromatic N) is 1. The van der Waals surface area contributed by atoms with Gasteiger partial charge in [-0.05, 0) is 31.9 Å². The van der Waals surface area contributed by atoms with Crippen molar-refractivity contribution < 1.29 is 9.53 Å². The van der Waals surface area contributed by atoms with Gasteiger partial charge in [0.05, 0.1) is 19.3 Å². The van der Waals surface area contributed by atoms with E-state index in [0.29, 0.717) is 5.75 Å². The van der Waals surface area contributed by atoms with Crippen molar-refractivity contribution in [2.45, 2.75) is 33.1 Å². The molecule has 20 heavy (non-hydrogen) atoms. The molecule has 0 fully saturated rings. The quantitative estimate of drug-likeness (QED) is 0.567. The van der Waals surface area contributed by atoms with Crippen molar-refractivity contribution in [3.05, 3.63) is 24.3 Å². The molecule has 5 heteroatoms. The van der Waals surface area contributed by atoms with E-state index in [-0.39, 0.29) is 12.5 Å². The van der Waals surface area contributed by atoms with Crippen LogP contribution in [0.1, 0.15) is 33.1 Å². The van der Waals surface area contributed by atoms with E-state index in [9.17, 15) is 4.79 Å². The number of hydrazone groups is 1. The van der Waals surface area contributed by atoms with E-state index in [2.05, 4.69) is 22.8 Å². The van der Waals surface area contributed by atoms with Gasteiger partial charge in [0.2, 0.25) is 0 Å². The summed E-state index contributed by atoms with van der Waals surface area (Å²) in [5.41, 5.74) is 4.28. The Labute approximate surface area is 120 Å². The largest absolute Gasteiger partial charge is 0.495 e. The number of hydrogen-bond donors (Lipinski definition) is 2. The number of unbranched alkanes of at least 4 members (excludes halogenated alkanes) is 1. The minimum atomic E-state index is -0.174. The molecule has 0 heterocycles. The van der Waals surface area contributed by atoms with Crippen LogP contribution in [0.25, 0.3) is 0 Å². The van der Waals surface area contributed by atoms with E-state index in [1.54, 1.807) is 7.11 Å². The average molecular weight is 277 g/mol. The first-order valence-corrected chi connectivity index (χ1v) is 6.86. The van der Waals surface area contributed by atoms with Crippen LogP contribution in [-0.4, -0.2) is 25.3 Å². The Balaban J connectivity index is 2.40. The van der Waals surface area contributed by atoms with E-state index >= 15 is 0 Å². The molecule has 0 aliphatic rings. The summed E-state index contributed by atoms with van der Waals surface area (Å²) in [4.78, 5) is 11.7. The van der Waals surface area contributed by atoms with Gasteiger partial charge in [-0.2, -0.15) is 5.10 Å². The van der Waals surface area contributed by atoms with Gasteiger partial charge in [0.1, 0.15) is 5.75 Å². The lowest BCUT2D eigenvalue weighted by molar-refractivity contribution is -0.119. The molecule has 0 atom stereocenters. The van der Waals surface area contributed by atoms with Crippen molar-refractivity contribution in [1.82, 2.24) is 5.43 Å². The molecule has 5 nitrogen and oxygen atoms in total. The molecular formula is C15H23N3O2. The van der Waals surface area contributed by atoms with Gasteiger partial charge in [-0.1, -0.05) is 25.5 Å². The lowest BCUT2D eigenvalue weighted by atomic mass is 10.2. The molecule has 0 aliphatic carbocycles. The smallest absolute Gasteiger partial charge is 0.259 e. The van der Waals surface area contributed by atoms with Crippen LogP contribution in [0.2, 0.25) is 0 Å². The number of amides is 1. The summed E-state index contributed by atoms with van der Waals surface area (Å²) >= 11 is 0. The van der Waals surface area contributed by atoms with Crippen molar-refractivity contribution in [3.63, 3.8) is 0 Å². The third kappa shape index (κ3) is 5.73. The molecule has 0 saturated heterocycles. The molecule has 0 bridgehead atoms. The zero-order chi connectivity index (χ0) is 14.8. The second-order valence-electron chi connectivity index (χ2n) is 4.54. The second kappa shape index (κ2) is 8.96. The SMILES string of the molecule is CCCC/C(C)=N\NC(=O)CNc1ccccc1OC. The number of rotatable bonds is 8. The Hall–Kier alpha value is -2.04. The van der Waals surface area contributed by atoms with Crippen LogP contribution in [0.4, 0.5) is 5.69 Å². The number of carbonyl (C=O) groups is 1. The maximum Gasteiger partial charge on any atom is 0.259 e. The molecule has 1 aromatic carbocycles. The van der Waals surface area contributed by atoms with Gasteiger partial charge in [0, 0.05) is 5.71 Å². The monoisotopic (exact) mass is 277 g/mol. The molecule has 0 aliphatic heterocycles. The summed E-state index contributed by atoms with van der Waals surface area (Å²) in [6.07, 6.45) is 3.12. The van der Waals surface area contributed by atoms with E-state index in [1.165, 1.54) is 0 Å². The molecule has 0 aromatic heterocycles. The summed E-state index contributed by atoms with van der Waals surface area (Å²) in [7, 11) is 1.60. The predicted molar refractivity (Wildman–Crippen MR) is 82.3 cm³/mol. The number of benzene rings is 1. The Kier molecular flexibility index (Phi) is 7.17. The highest BCUT2D eigenvalue weighted by Crippen LogP contribution is 2.22. The molecule has 110 valence electrons. The first-order valence-electron chi connectivity index (χ1n) is 6.86. The van der Waals surface area contributed by atoms with Gasteiger partial charge >= 0.3 is 0 Å². The Morgan fingerprint density at radius 1 is 1.35 bits per heavy atom. The predicted octanol–water partition coefficient (Wildman–Crippen LogP) is 2.79. The number of carbonyl (C=O) groups excluding carboxylic acids is 1. The highest BCUT2D eigenvalue weighted by atomic mass is 16.5. The third-order valence-corrected chi connectivity index (χ3v) is 2.81. The Morgan fingerprint density at radius 3 is 2.80 bits per heavy atom. The van der Waals surface area contributed by atoms with Crippen molar-refractivity contribution in [2.24, 2.45) is 5.10 Å². The first kappa shape index (κ1) is 16.0.